The number of halogens is 4. The molecule has 0 bridgehead atoms. The third-order valence-corrected chi connectivity index (χ3v) is 7.67. The van der Waals surface area contributed by atoms with E-state index in [0.29, 0.717) is 22.4 Å². The summed E-state index contributed by atoms with van der Waals surface area (Å²) in [4.78, 5) is 14.5. The number of alkyl halides is 3. The summed E-state index contributed by atoms with van der Waals surface area (Å²) in [7, 11) is -3.95. The molecule has 0 N–H and O–H groups in total. The second kappa shape index (κ2) is 9.27. The maximum Gasteiger partial charge on any atom is 0.416 e. The van der Waals surface area contributed by atoms with Gasteiger partial charge in [0.25, 0.3) is 5.69 Å². The number of benzene rings is 3. The highest BCUT2D eigenvalue weighted by Crippen LogP contribution is 2.35. The molecule has 0 radical (unpaired) electrons. The van der Waals surface area contributed by atoms with E-state index in [1.807, 2.05) is 0 Å². The van der Waals surface area contributed by atoms with Crippen molar-refractivity contribution in [1.82, 2.24) is 4.98 Å². The number of hydrogen-bond donors (Lipinski definition) is 0. The first-order valence-electron chi connectivity index (χ1n) is 9.84. The van der Waals surface area contributed by atoms with Crippen molar-refractivity contribution < 1.29 is 31.2 Å². The van der Waals surface area contributed by atoms with E-state index in [4.69, 9.17) is 4.74 Å². The van der Waals surface area contributed by atoms with Crippen LogP contribution in [0.3, 0.4) is 0 Å². The van der Waals surface area contributed by atoms with Gasteiger partial charge in [0, 0.05) is 22.1 Å². The molecule has 0 aliphatic heterocycles. The number of rotatable bonds is 6. The van der Waals surface area contributed by atoms with E-state index in [2.05, 4.69) is 20.9 Å². The molecule has 0 fully saturated rings. The van der Waals surface area contributed by atoms with Gasteiger partial charge in [0.2, 0.25) is 0 Å². The van der Waals surface area contributed by atoms with Crippen molar-refractivity contribution in [2.24, 2.45) is 0 Å². The monoisotopic (exact) mass is 566 g/mol. The average molecular weight is 567 g/mol. The molecule has 1 heterocycles. The average Bonchev–Trinajstić information content (AvgIpc) is 2.79. The van der Waals surface area contributed by atoms with Crippen LogP contribution in [0.15, 0.2) is 82.3 Å². The van der Waals surface area contributed by atoms with Crippen LogP contribution in [-0.2, 0) is 21.8 Å². The summed E-state index contributed by atoms with van der Waals surface area (Å²) < 4.78 is 69.8. The standard InChI is InChI=1S/C23H14BrF3N2O5S/c24-18-12-15(23(25,26)27)6-9-21(18)35(32,33)13-14-4-7-16(8-5-14)34-20-10-11-28-22-17(20)2-1-3-19(22)29(30)31/h1-12H,13H2. The molecule has 4 rings (SSSR count). The molecular formula is C23H14BrF3N2O5S. The maximum atomic E-state index is 12.9. The first kappa shape index (κ1) is 24.6. The Hall–Kier alpha value is -3.51. The smallest absolute Gasteiger partial charge is 0.416 e. The van der Waals surface area contributed by atoms with Crippen molar-refractivity contribution in [3.63, 3.8) is 0 Å². The van der Waals surface area contributed by atoms with Crippen LogP contribution in [0, 0.1) is 10.1 Å². The number of hydrogen-bond acceptors (Lipinski definition) is 6. The SMILES string of the molecule is O=[N+]([O-])c1cccc2c(Oc3ccc(CS(=O)(=O)c4ccc(C(F)(F)F)cc4Br)cc3)ccnc12. The largest absolute Gasteiger partial charge is 0.457 e. The molecule has 3 aromatic carbocycles. The van der Waals surface area contributed by atoms with Crippen LogP contribution < -0.4 is 4.74 Å². The van der Waals surface area contributed by atoms with E-state index >= 15 is 0 Å². The third-order valence-electron chi connectivity index (χ3n) is 5.01. The maximum absolute atomic E-state index is 12.9. The van der Waals surface area contributed by atoms with Gasteiger partial charge in [-0.25, -0.2) is 13.4 Å². The Morgan fingerprint density at radius 3 is 2.37 bits per heavy atom. The zero-order chi connectivity index (χ0) is 25.4. The van der Waals surface area contributed by atoms with Gasteiger partial charge in [-0.05, 0) is 64.0 Å². The van der Waals surface area contributed by atoms with E-state index in [0.717, 1.165) is 18.2 Å². The number of nitro groups is 1. The molecule has 0 spiro atoms. The molecule has 0 aliphatic carbocycles. The minimum Gasteiger partial charge on any atom is -0.457 e. The van der Waals surface area contributed by atoms with Gasteiger partial charge >= 0.3 is 6.18 Å². The van der Waals surface area contributed by atoms with Gasteiger partial charge < -0.3 is 4.74 Å². The minimum atomic E-state index is -4.59. The van der Waals surface area contributed by atoms with Gasteiger partial charge in [-0.15, -0.1) is 0 Å². The summed E-state index contributed by atoms with van der Waals surface area (Å²) in [6, 6.07) is 14.5. The number of non-ortho nitro benzene ring substituents is 1. The van der Waals surface area contributed by atoms with Crippen LogP contribution in [-0.4, -0.2) is 18.3 Å². The van der Waals surface area contributed by atoms with Gasteiger partial charge in [0.05, 0.1) is 21.1 Å². The molecule has 35 heavy (non-hydrogen) atoms. The number of ether oxygens (including phenoxy) is 1. The lowest BCUT2D eigenvalue weighted by atomic mass is 10.2. The number of fused-ring (bicyclic) bond motifs is 1. The fraction of sp³-hybridized carbons (Fsp3) is 0.0870. The minimum absolute atomic E-state index is 0.164. The zero-order valence-electron chi connectivity index (χ0n) is 17.5. The van der Waals surface area contributed by atoms with Gasteiger partial charge in [-0.1, -0.05) is 18.2 Å². The molecule has 12 heteroatoms. The summed E-state index contributed by atoms with van der Waals surface area (Å²) in [5.74, 6) is 0.232. The summed E-state index contributed by atoms with van der Waals surface area (Å²) >= 11 is 2.92. The second-order valence-corrected chi connectivity index (χ2v) is 10.2. The Bertz CT molecular complexity index is 1540. The number of para-hydroxylation sites is 1. The lowest BCUT2D eigenvalue weighted by Crippen LogP contribution is -2.09. The summed E-state index contributed by atoms with van der Waals surface area (Å²) in [6.45, 7) is 0. The molecule has 7 nitrogen and oxygen atoms in total. The van der Waals surface area contributed by atoms with Crippen molar-refractivity contribution >= 4 is 42.4 Å². The Labute approximate surface area is 205 Å². The molecule has 0 amide bonds. The predicted octanol–water partition coefficient (Wildman–Crippen LogP) is 6.69. The van der Waals surface area contributed by atoms with Gasteiger partial charge in [0.1, 0.15) is 11.5 Å². The Kier molecular flexibility index (Phi) is 6.52. The Morgan fingerprint density at radius 1 is 1.03 bits per heavy atom. The lowest BCUT2D eigenvalue weighted by Gasteiger charge is -2.12. The number of nitro benzene ring substituents is 1. The topological polar surface area (TPSA) is 99.4 Å². The normalized spacial score (nSPS) is 12.0. The van der Waals surface area contributed by atoms with Crippen LogP contribution in [0.4, 0.5) is 18.9 Å². The third kappa shape index (κ3) is 5.28. The van der Waals surface area contributed by atoms with Crippen molar-refractivity contribution in [2.75, 3.05) is 0 Å². The summed E-state index contributed by atoms with van der Waals surface area (Å²) in [5.41, 5.74) is -0.569. The van der Waals surface area contributed by atoms with Crippen molar-refractivity contribution in [3.8, 4) is 11.5 Å². The summed E-state index contributed by atoms with van der Waals surface area (Å²) in [5, 5.41) is 11.7. The van der Waals surface area contributed by atoms with Crippen LogP contribution >= 0.6 is 15.9 Å². The predicted molar refractivity (Wildman–Crippen MR) is 125 cm³/mol. The number of nitrogens with zero attached hydrogens (tertiary/aromatic N) is 2. The number of aromatic nitrogens is 1. The summed E-state index contributed by atoms with van der Waals surface area (Å²) in [6.07, 6.45) is -3.21. The number of sulfone groups is 1. The molecule has 1 aromatic heterocycles. The quantitative estimate of drug-likeness (QED) is 0.190. The fourth-order valence-electron chi connectivity index (χ4n) is 3.38. The molecule has 0 unspecified atom stereocenters. The van der Waals surface area contributed by atoms with Crippen LogP contribution in [0.5, 0.6) is 11.5 Å². The highest BCUT2D eigenvalue weighted by atomic mass is 79.9. The lowest BCUT2D eigenvalue weighted by molar-refractivity contribution is -0.383. The van der Waals surface area contributed by atoms with Gasteiger partial charge in [-0.2, -0.15) is 13.2 Å². The van der Waals surface area contributed by atoms with E-state index in [1.54, 1.807) is 12.1 Å². The van der Waals surface area contributed by atoms with Crippen LogP contribution in [0.1, 0.15) is 11.1 Å². The van der Waals surface area contributed by atoms with E-state index in [9.17, 15) is 31.7 Å². The van der Waals surface area contributed by atoms with Crippen LogP contribution in [0.25, 0.3) is 10.9 Å². The molecular weight excluding hydrogens is 553 g/mol. The van der Waals surface area contributed by atoms with Crippen LogP contribution in [0.2, 0.25) is 0 Å². The van der Waals surface area contributed by atoms with E-state index in [1.165, 1.54) is 42.6 Å². The van der Waals surface area contributed by atoms with Crippen molar-refractivity contribution in [2.45, 2.75) is 16.8 Å². The first-order chi connectivity index (χ1) is 16.5. The van der Waals surface area contributed by atoms with E-state index in [-0.39, 0.29) is 20.6 Å². The fourth-order valence-corrected chi connectivity index (χ4v) is 5.92. The molecule has 4 aromatic rings. The number of pyridine rings is 1. The second-order valence-electron chi connectivity index (χ2n) is 7.39. The Balaban J connectivity index is 1.55. The Morgan fingerprint density at radius 2 is 1.74 bits per heavy atom. The van der Waals surface area contributed by atoms with E-state index < -0.39 is 32.3 Å². The molecule has 0 aliphatic rings. The highest BCUT2D eigenvalue weighted by Gasteiger charge is 2.32. The zero-order valence-corrected chi connectivity index (χ0v) is 19.9. The molecule has 0 saturated heterocycles. The first-order valence-corrected chi connectivity index (χ1v) is 12.3. The van der Waals surface area contributed by atoms with Gasteiger partial charge in [0.15, 0.2) is 15.4 Å². The molecule has 0 atom stereocenters. The van der Waals surface area contributed by atoms with Crippen molar-refractivity contribution in [1.29, 1.82) is 0 Å². The van der Waals surface area contributed by atoms with Gasteiger partial charge in [-0.3, -0.25) is 10.1 Å². The highest BCUT2D eigenvalue weighted by molar-refractivity contribution is 9.10. The van der Waals surface area contributed by atoms with Crippen molar-refractivity contribution in [3.05, 3.63) is 98.6 Å². The molecule has 180 valence electrons. The molecule has 0 saturated carbocycles.